The molecule has 0 N–H and O–H groups in total. The van der Waals surface area contributed by atoms with Crippen LogP contribution in [0.1, 0.15) is 20.3 Å². The Morgan fingerprint density at radius 2 is 1.72 bits per heavy atom. The van der Waals surface area contributed by atoms with Gasteiger partial charge in [0.1, 0.15) is 0 Å². The Balaban J connectivity index is 2.66. The third-order valence-corrected chi connectivity index (χ3v) is 5.00. The number of sulfone groups is 1. The summed E-state index contributed by atoms with van der Waals surface area (Å²) in [5.41, 5.74) is 0. The molecule has 1 aromatic carbocycles. The Labute approximate surface area is 115 Å². The maximum absolute atomic E-state index is 12.1. The summed E-state index contributed by atoms with van der Waals surface area (Å²) in [6.07, 6.45) is 0.411. The summed E-state index contributed by atoms with van der Waals surface area (Å²) >= 11 is 5.25. The molecule has 0 aromatic heterocycles. The van der Waals surface area contributed by atoms with Crippen molar-refractivity contribution in [2.45, 2.75) is 25.2 Å². The summed E-state index contributed by atoms with van der Waals surface area (Å²) in [5, 5.41) is 0. The van der Waals surface area contributed by atoms with Gasteiger partial charge in [-0.25, -0.2) is 8.42 Å². The van der Waals surface area contributed by atoms with Crippen LogP contribution in [0.3, 0.4) is 0 Å². The fraction of sp³-hybridized carbons (Fsp3) is 0.462. The quantitative estimate of drug-likeness (QED) is 0.753. The van der Waals surface area contributed by atoms with Crippen LogP contribution in [0.4, 0.5) is 0 Å². The SMILES string of the molecule is CCN(CC)C(=S)CCS(=O)(=O)c1ccccc1. The van der Waals surface area contributed by atoms with E-state index in [1.165, 1.54) is 0 Å². The summed E-state index contributed by atoms with van der Waals surface area (Å²) in [6.45, 7) is 5.67. The van der Waals surface area contributed by atoms with Gasteiger partial charge in [0.15, 0.2) is 9.84 Å². The minimum Gasteiger partial charge on any atom is -0.367 e. The standard InChI is InChI=1S/C13H19NO2S2/c1-3-14(4-2)13(17)10-11-18(15,16)12-8-6-5-7-9-12/h5-9H,3-4,10-11H2,1-2H3. The molecule has 0 unspecified atom stereocenters. The molecule has 0 fully saturated rings. The second-order valence-corrected chi connectivity index (χ2v) is 6.53. The molecule has 0 atom stereocenters. The lowest BCUT2D eigenvalue weighted by atomic mass is 10.4. The first-order valence-corrected chi connectivity index (χ1v) is 8.13. The first-order valence-electron chi connectivity index (χ1n) is 6.06. The second kappa shape index (κ2) is 6.85. The molecule has 0 heterocycles. The van der Waals surface area contributed by atoms with Gasteiger partial charge in [-0.2, -0.15) is 0 Å². The summed E-state index contributed by atoms with van der Waals surface area (Å²) in [6, 6.07) is 8.51. The molecule has 1 rings (SSSR count). The maximum atomic E-state index is 12.1. The third kappa shape index (κ3) is 4.07. The predicted molar refractivity (Wildman–Crippen MR) is 78.6 cm³/mol. The average Bonchev–Trinajstić information content (AvgIpc) is 2.39. The summed E-state index contributed by atoms with van der Waals surface area (Å²) in [4.78, 5) is 3.10. The third-order valence-electron chi connectivity index (χ3n) is 2.80. The Kier molecular flexibility index (Phi) is 5.75. The van der Waals surface area contributed by atoms with Crippen LogP contribution in [-0.2, 0) is 9.84 Å². The van der Waals surface area contributed by atoms with Crippen molar-refractivity contribution < 1.29 is 8.42 Å². The van der Waals surface area contributed by atoms with E-state index in [1.807, 2.05) is 18.7 Å². The average molecular weight is 285 g/mol. The van der Waals surface area contributed by atoms with Crippen molar-refractivity contribution in [3.63, 3.8) is 0 Å². The summed E-state index contributed by atoms with van der Waals surface area (Å²) < 4.78 is 24.1. The molecule has 0 amide bonds. The number of nitrogens with zero attached hydrogens (tertiary/aromatic N) is 1. The van der Waals surface area contributed by atoms with Crippen molar-refractivity contribution >= 4 is 27.0 Å². The fourth-order valence-electron chi connectivity index (χ4n) is 1.70. The first kappa shape index (κ1) is 15.1. The molecule has 5 heteroatoms. The highest BCUT2D eigenvalue weighted by Crippen LogP contribution is 2.12. The monoisotopic (exact) mass is 285 g/mol. The molecule has 0 radical (unpaired) electrons. The van der Waals surface area contributed by atoms with E-state index in [-0.39, 0.29) is 5.75 Å². The van der Waals surface area contributed by atoms with Crippen molar-refractivity contribution in [3.8, 4) is 0 Å². The van der Waals surface area contributed by atoms with E-state index in [0.29, 0.717) is 11.3 Å². The van der Waals surface area contributed by atoms with Gasteiger partial charge in [-0.05, 0) is 26.0 Å². The molecule has 0 aliphatic heterocycles. The van der Waals surface area contributed by atoms with Crippen LogP contribution in [0.15, 0.2) is 35.2 Å². The van der Waals surface area contributed by atoms with Gasteiger partial charge >= 0.3 is 0 Å². The summed E-state index contributed by atoms with van der Waals surface area (Å²) in [5.74, 6) is 0.0757. The minimum atomic E-state index is -3.22. The number of rotatable bonds is 6. The lowest BCUT2D eigenvalue weighted by Crippen LogP contribution is -2.30. The normalized spacial score (nSPS) is 11.2. The second-order valence-electron chi connectivity index (χ2n) is 3.95. The topological polar surface area (TPSA) is 37.4 Å². The molecular formula is C13H19NO2S2. The van der Waals surface area contributed by atoms with E-state index in [2.05, 4.69) is 0 Å². The number of benzene rings is 1. The zero-order chi connectivity index (χ0) is 13.6. The van der Waals surface area contributed by atoms with Crippen LogP contribution in [0.2, 0.25) is 0 Å². The molecule has 1 aromatic rings. The molecule has 3 nitrogen and oxygen atoms in total. The van der Waals surface area contributed by atoms with E-state index in [9.17, 15) is 8.42 Å². The molecule has 0 aliphatic rings. The lowest BCUT2D eigenvalue weighted by molar-refractivity contribution is 0.466. The molecule has 0 bridgehead atoms. The van der Waals surface area contributed by atoms with E-state index in [4.69, 9.17) is 12.2 Å². The zero-order valence-corrected chi connectivity index (χ0v) is 12.4. The van der Waals surface area contributed by atoms with Crippen molar-refractivity contribution in [2.75, 3.05) is 18.8 Å². The highest BCUT2D eigenvalue weighted by molar-refractivity contribution is 7.91. The Hall–Kier alpha value is -0.940. The van der Waals surface area contributed by atoms with E-state index in [1.54, 1.807) is 30.3 Å². The van der Waals surface area contributed by atoms with Crippen molar-refractivity contribution in [1.82, 2.24) is 4.90 Å². The van der Waals surface area contributed by atoms with Gasteiger partial charge in [0.05, 0.1) is 15.6 Å². The van der Waals surface area contributed by atoms with Gasteiger partial charge in [0, 0.05) is 19.5 Å². The van der Waals surface area contributed by atoms with Crippen molar-refractivity contribution in [2.24, 2.45) is 0 Å². The molecule has 0 saturated carbocycles. The van der Waals surface area contributed by atoms with Crippen LogP contribution < -0.4 is 0 Å². The molecule has 0 spiro atoms. The van der Waals surface area contributed by atoms with Gasteiger partial charge in [0.2, 0.25) is 0 Å². The molecule has 0 saturated heterocycles. The minimum absolute atomic E-state index is 0.0757. The molecule has 18 heavy (non-hydrogen) atoms. The van der Waals surface area contributed by atoms with Crippen molar-refractivity contribution in [1.29, 1.82) is 0 Å². The Morgan fingerprint density at radius 1 is 1.17 bits per heavy atom. The first-order chi connectivity index (χ1) is 8.51. The Bertz CT molecular complexity index is 479. The van der Waals surface area contributed by atoms with Crippen LogP contribution in [0.5, 0.6) is 0 Å². The van der Waals surface area contributed by atoms with E-state index < -0.39 is 9.84 Å². The van der Waals surface area contributed by atoms with Gasteiger partial charge < -0.3 is 4.90 Å². The lowest BCUT2D eigenvalue weighted by Gasteiger charge is -2.21. The smallest absolute Gasteiger partial charge is 0.178 e. The van der Waals surface area contributed by atoms with Gasteiger partial charge in [-0.3, -0.25) is 0 Å². The van der Waals surface area contributed by atoms with Crippen molar-refractivity contribution in [3.05, 3.63) is 30.3 Å². The van der Waals surface area contributed by atoms with Gasteiger partial charge in [0.25, 0.3) is 0 Å². The maximum Gasteiger partial charge on any atom is 0.178 e. The predicted octanol–water partition coefficient (Wildman–Crippen LogP) is 2.52. The highest BCUT2D eigenvalue weighted by Gasteiger charge is 2.16. The zero-order valence-electron chi connectivity index (χ0n) is 10.8. The van der Waals surface area contributed by atoms with Crippen LogP contribution in [0.25, 0.3) is 0 Å². The largest absolute Gasteiger partial charge is 0.367 e. The van der Waals surface area contributed by atoms with Crippen LogP contribution >= 0.6 is 12.2 Å². The number of hydrogen-bond donors (Lipinski definition) is 0. The Morgan fingerprint density at radius 3 is 2.22 bits per heavy atom. The van der Waals surface area contributed by atoms with E-state index in [0.717, 1.165) is 18.1 Å². The van der Waals surface area contributed by atoms with Gasteiger partial charge in [-0.1, -0.05) is 30.4 Å². The number of hydrogen-bond acceptors (Lipinski definition) is 3. The molecular weight excluding hydrogens is 266 g/mol. The fourth-order valence-corrected chi connectivity index (χ4v) is 3.46. The summed E-state index contributed by atoms with van der Waals surface area (Å²) in [7, 11) is -3.22. The van der Waals surface area contributed by atoms with Gasteiger partial charge in [-0.15, -0.1) is 0 Å². The number of thiocarbonyl (C=S) groups is 1. The highest BCUT2D eigenvalue weighted by atomic mass is 32.2. The van der Waals surface area contributed by atoms with Crippen LogP contribution in [0, 0.1) is 0 Å². The van der Waals surface area contributed by atoms with E-state index >= 15 is 0 Å². The van der Waals surface area contributed by atoms with Crippen LogP contribution in [-0.4, -0.2) is 37.1 Å². The molecule has 0 aliphatic carbocycles. The molecule has 100 valence electrons.